The number of benzene rings is 2. The molecule has 1 aliphatic heterocycles. The smallest absolute Gasteiger partial charge is 0.326 e. The molecule has 4 amide bonds. The monoisotopic (exact) mass is 624 g/mol. The summed E-state index contributed by atoms with van der Waals surface area (Å²) in [5.74, 6) is -4.79. The van der Waals surface area contributed by atoms with Gasteiger partial charge in [0.15, 0.2) is 23.9 Å². The van der Waals surface area contributed by atoms with Crippen molar-refractivity contribution in [3.05, 3.63) is 71.8 Å². The minimum Gasteiger partial charge on any atom is -0.462 e. The molecule has 3 atom stereocenters. The molecule has 0 bridgehead atoms. The fourth-order valence-corrected chi connectivity index (χ4v) is 4.71. The molecule has 45 heavy (non-hydrogen) atoms. The molecule has 2 aromatic rings. The zero-order chi connectivity index (χ0) is 33.1. The Morgan fingerprint density at radius 1 is 0.822 bits per heavy atom. The van der Waals surface area contributed by atoms with Crippen LogP contribution in [0.2, 0.25) is 0 Å². The first-order valence-electron chi connectivity index (χ1n) is 13.6. The minimum atomic E-state index is -1.69. The molecule has 1 fully saturated rings. The highest BCUT2D eigenvalue weighted by molar-refractivity contribution is 6.10. The third-order valence-corrected chi connectivity index (χ3v) is 6.36. The van der Waals surface area contributed by atoms with Gasteiger partial charge in [-0.05, 0) is 11.1 Å². The lowest BCUT2D eigenvalue weighted by Crippen LogP contribution is -2.51. The van der Waals surface area contributed by atoms with Crippen LogP contribution in [-0.4, -0.2) is 84.3 Å². The number of nitrogens with zero attached hydrogens (tertiary/aromatic N) is 2. The normalized spacial score (nSPS) is 15.8. The van der Waals surface area contributed by atoms with E-state index in [0.717, 1.165) is 38.8 Å². The van der Waals surface area contributed by atoms with Gasteiger partial charge in [0.25, 0.3) is 11.8 Å². The first kappa shape index (κ1) is 33.9. The maximum Gasteiger partial charge on any atom is 0.326 e. The summed E-state index contributed by atoms with van der Waals surface area (Å²) in [6, 6.07) is 16.0. The molecule has 0 radical (unpaired) electrons. The summed E-state index contributed by atoms with van der Waals surface area (Å²) in [5.41, 5.74) is 1.37. The Bertz CT molecular complexity index is 1420. The molecule has 2 aromatic carbocycles. The Labute approximate surface area is 257 Å². The van der Waals surface area contributed by atoms with Crippen molar-refractivity contribution in [2.24, 2.45) is 5.10 Å². The van der Waals surface area contributed by atoms with Crippen molar-refractivity contribution in [1.82, 2.24) is 15.6 Å². The number of esters is 4. The van der Waals surface area contributed by atoms with E-state index in [9.17, 15) is 33.6 Å². The van der Waals surface area contributed by atoms with E-state index in [1.807, 2.05) is 0 Å². The van der Waals surface area contributed by atoms with Crippen molar-refractivity contribution < 1.29 is 52.5 Å². The highest BCUT2D eigenvalue weighted by Gasteiger charge is 2.56. The van der Waals surface area contributed by atoms with E-state index in [-0.39, 0.29) is 0 Å². The molecular weight excluding hydrogens is 592 g/mol. The van der Waals surface area contributed by atoms with Crippen molar-refractivity contribution in [1.29, 1.82) is 0 Å². The van der Waals surface area contributed by atoms with Gasteiger partial charge in [-0.25, -0.2) is 10.2 Å². The fraction of sp³-hybridized carbons (Fsp3) is 0.333. The van der Waals surface area contributed by atoms with Crippen molar-refractivity contribution >= 4 is 47.9 Å². The molecule has 0 spiro atoms. The molecule has 3 rings (SSSR count). The Hall–Kier alpha value is -5.60. The second-order valence-corrected chi connectivity index (χ2v) is 9.70. The number of hydrazone groups is 1. The highest BCUT2D eigenvalue weighted by Crippen LogP contribution is 2.39. The molecule has 0 unspecified atom stereocenters. The largest absolute Gasteiger partial charge is 0.462 e. The number of carbonyl (C=O) groups excluding carboxylic acids is 7. The van der Waals surface area contributed by atoms with Crippen LogP contribution in [0.15, 0.2) is 65.8 Å². The third-order valence-electron chi connectivity index (χ3n) is 6.36. The molecule has 1 aliphatic rings. The van der Waals surface area contributed by atoms with Crippen LogP contribution in [0, 0.1) is 0 Å². The van der Waals surface area contributed by atoms with Gasteiger partial charge in [-0.1, -0.05) is 60.7 Å². The Balaban J connectivity index is 1.90. The van der Waals surface area contributed by atoms with Gasteiger partial charge in [-0.15, -0.1) is 0 Å². The summed E-state index contributed by atoms with van der Waals surface area (Å²) < 4.78 is 20.5. The first-order valence-corrected chi connectivity index (χ1v) is 13.6. The molecular formula is C30H32N4O11. The molecule has 0 saturated carbocycles. The highest BCUT2D eigenvalue weighted by atomic mass is 16.6. The first-order chi connectivity index (χ1) is 21.4. The number of ether oxygens (including phenoxy) is 4. The molecule has 1 heterocycles. The molecule has 0 aliphatic carbocycles. The number of hydrogen-bond donors (Lipinski definition) is 2. The summed E-state index contributed by atoms with van der Waals surface area (Å²) >= 11 is 0. The van der Waals surface area contributed by atoms with Crippen LogP contribution in [0.5, 0.6) is 0 Å². The lowest BCUT2D eigenvalue weighted by atomic mass is 9.81. The van der Waals surface area contributed by atoms with Crippen molar-refractivity contribution in [3.8, 4) is 0 Å². The summed E-state index contributed by atoms with van der Waals surface area (Å²) in [5, 5.41) is 6.09. The Morgan fingerprint density at radius 2 is 1.36 bits per heavy atom. The SMILES string of the molecule is CC(=O)OC[C@@H](OC(C)=O)[C@H](OC(C)=O)[C@H](/C=N/NC(=O)CN1C(=O)NC(=O)C1(c1ccccc1)c1ccccc1)OC(C)=O. The van der Waals surface area contributed by atoms with Crippen molar-refractivity contribution in [2.75, 3.05) is 13.2 Å². The van der Waals surface area contributed by atoms with Crippen LogP contribution in [0.4, 0.5) is 4.79 Å². The van der Waals surface area contributed by atoms with Gasteiger partial charge < -0.3 is 18.9 Å². The molecule has 2 N–H and O–H groups in total. The maximum absolute atomic E-state index is 13.4. The lowest BCUT2D eigenvalue weighted by Gasteiger charge is -2.35. The van der Waals surface area contributed by atoms with Crippen LogP contribution < -0.4 is 10.7 Å². The number of amides is 4. The van der Waals surface area contributed by atoms with E-state index in [0.29, 0.717) is 11.1 Å². The third kappa shape index (κ3) is 8.49. The van der Waals surface area contributed by atoms with Gasteiger partial charge in [0, 0.05) is 27.7 Å². The number of urea groups is 1. The van der Waals surface area contributed by atoms with Gasteiger partial charge >= 0.3 is 29.9 Å². The Kier molecular flexibility index (Phi) is 11.5. The zero-order valence-corrected chi connectivity index (χ0v) is 24.9. The fourth-order valence-electron chi connectivity index (χ4n) is 4.71. The van der Waals surface area contributed by atoms with Crippen LogP contribution >= 0.6 is 0 Å². The predicted octanol–water partition coefficient (Wildman–Crippen LogP) is 0.942. The number of nitrogens with one attached hydrogen (secondary N) is 2. The van der Waals surface area contributed by atoms with E-state index >= 15 is 0 Å². The van der Waals surface area contributed by atoms with Gasteiger partial charge in [0.1, 0.15) is 13.2 Å². The van der Waals surface area contributed by atoms with Crippen LogP contribution in [0.1, 0.15) is 38.8 Å². The van der Waals surface area contributed by atoms with Gasteiger partial charge in [0.05, 0.1) is 6.21 Å². The zero-order valence-electron chi connectivity index (χ0n) is 24.9. The van der Waals surface area contributed by atoms with E-state index in [4.69, 9.17) is 18.9 Å². The number of imide groups is 1. The lowest BCUT2D eigenvalue weighted by molar-refractivity contribution is -0.183. The summed E-state index contributed by atoms with van der Waals surface area (Å²) in [7, 11) is 0. The molecule has 1 saturated heterocycles. The topological polar surface area (TPSA) is 196 Å². The van der Waals surface area contributed by atoms with Crippen molar-refractivity contribution in [3.63, 3.8) is 0 Å². The van der Waals surface area contributed by atoms with E-state index in [1.54, 1.807) is 60.7 Å². The van der Waals surface area contributed by atoms with Crippen molar-refractivity contribution in [2.45, 2.75) is 51.5 Å². The van der Waals surface area contributed by atoms with Crippen LogP contribution in [0.25, 0.3) is 0 Å². The van der Waals surface area contributed by atoms with Crippen LogP contribution in [0.3, 0.4) is 0 Å². The maximum atomic E-state index is 13.4. The molecule has 15 nitrogen and oxygen atoms in total. The average Bonchev–Trinajstić information content (AvgIpc) is 3.22. The standard InChI is InChI=1S/C30H32N4O11/c1-18(35)42-17-25(44-20(3)37)27(45-21(4)38)24(43-19(2)36)15-31-33-26(39)16-34-29(41)32-28(40)30(34,22-11-7-5-8-12-22)23-13-9-6-10-14-23/h5-15,24-25,27H,16-17H2,1-4H3,(H,33,39)(H,32,40,41)/b31-15+/t24-,25+,27+/m0/s1. The van der Waals surface area contributed by atoms with Gasteiger partial charge in [0.2, 0.25) is 0 Å². The van der Waals surface area contributed by atoms with E-state index < -0.39 is 78.7 Å². The van der Waals surface area contributed by atoms with Gasteiger partial charge in [-0.3, -0.25) is 39.0 Å². The predicted molar refractivity (Wildman–Crippen MR) is 154 cm³/mol. The molecule has 238 valence electrons. The Morgan fingerprint density at radius 3 is 1.84 bits per heavy atom. The van der Waals surface area contributed by atoms with Gasteiger partial charge in [-0.2, -0.15) is 5.10 Å². The molecule has 0 aromatic heterocycles. The van der Waals surface area contributed by atoms with E-state index in [2.05, 4.69) is 15.8 Å². The molecule has 15 heteroatoms. The minimum absolute atomic E-state index is 0.430. The summed E-state index contributed by atoms with van der Waals surface area (Å²) in [4.78, 5) is 87.6. The quantitative estimate of drug-likeness (QED) is 0.106. The second-order valence-electron chi connectivity index (χ2n) is 9.70. The number of hydrogen-bond acceptors (Lipinski definition) is 12. The summed E-state index contributed by atoms with van der Waals surface area (Å²) in [6.45, 7) is 3.04. The van der Waals surface area contributed by atoms with E-state index in [1.165, 1.54) is 0 Å². The number of rotatable bonds is 13. The average molecular weight is 625 g/mol. The number of carbonyl (C=O) groups is 7. The van der Waals surface area contributed by atoms with Crippen LogP contribution in [-0.2, 0) is 53.3 Å². The summed E-state index contributed by atoms with van der Waals surface area (Å²) in [6.07, 6.45) is -3.64. The second kappa shape index (κ2) is 15.2.